The van der Waals surface area contributed by atoms with Crippen molar-refractivity contribution < 1.29 is 18.3 Å². The highest BCUT2D eigenvalue weighted by molar-refractivity contribution is 7.93. The third-order valence-electron chi connectivity index (χ3n) is 2.06. The van der Waals surface area contributed by atoms with Crippen LogP contribution >= 0.6 is 11.6 Å². The highest BCUT2D eigenvalue weighted by Crippen LogP contribution is 2.23. The molecule has 0 bridgehead atoms. The normalized spacial score (nSPS) is 15.5. The lowest BCUT2D eigenvalue weighted by Crippen LogP contribution is -2.26. The van der Waals surface area contributed by atoms with Gasteiger partial charge >= 0.3 is 0 Å². The van der Waals surface area contributed by atoms with Crippen LogP contribution in [-0.4, -0.2) is 31.4 Å². The standard InChI is InChI=1S/C10H13ClO4S/c1-7(12)10(11)16(13,14)9-5-3-8(15-2)4-6-9/h3-7,10,12H,1-2H3. The molecule has 2 atom stereocenters. The van der Waals surface area contributed by atoms with E-state index in [1.165, 1.54) is 38.3 Å². The van der Waals surface area contributed by atoms with Crippen LogP contribution in [0.5, 0.6) is 5.75 Å². The summed E-state index contributed by atoms with van der Waals surface area (Å²) in [7, 11) is -2.21. The molecule has 0 spiro atoms. The molecule has 0 aliphatic heterocycles. The Morgan fingerprint density at radius 2 is 1.81 bits per heavy atom. The topological polar surface area (TPSA) is 63.6 Å². The average Bonchev–Trinajstić information content (AvgIpc) is 2.28. The number of rotatable bonds is 4. The second-order valence-corrected chi connectivity index (χ2v) is 6.11. The maximum absolute atomic E-state index is 11.8. The van der Waals surface area contributed by atoms with Crippen LogP contribution in [0.3, 0.4) is 0 Å². The summed E-state index contributed by atoms with van der Waals surface area (Å²) in [5.41, 5.74) is 0. The molecule has 0 saturated carbocycles. The lowest BCUT2D eigenvalue weighted by atomic mass is 10.3. The zero-order valence-corrected chi connectivity index (χ0v) is 10.5. The molecule has 0 radical (unpaired) electrons. The van der Waals surface area contributed by atoms with Crippen LogP contribution in [0.4, 0.5) is 0 Å². The van der Waals surface area contributed by atoms with Crippen molar-refractivity contribution in [2.45, 2.75) is 22.6 Å². The van der Waals surface area contributed by atoms with E-state index in [9.17, 15) is 13.5 Å². The third-order valence-corrected chi connectivity index (χ3v) is 5.05. The van der Waals surface area contributed by atoms with Gasteiger partial charge in [-0.05, 0) is 31.2 Å². The van der Waals surface area contributed by atoms with Gasteiger partial charge in [0.1, 0.15) is 5.75 Å². The maximum atomic E-state index is 11.8. The number of alkyl halides is 1. The van der Waals surface area contributed by atoms with Gasteiger partial charge in [-0.2, -0.15) is 0 Å². The number of benzene rings is 1. The van der Waals surface area contributed by atoms with E-state index in [0.29, 0.717) is 5.75 Å². The predicted octanol–water partition coefficient (Wildman–Crippen LogP) is 1.41. The molecule has 0 aliphatic carbocycles. The minimum atomic E-state index is -3.70. The highest BCUT2D eigenvalue weighted by Gasteiger charge is 2.29. The number of sulfone groups is 1. The molecule has 1 N–H and O–H groups in total. The number of halogens is 1. The van der Waals surface area contributed by atoms with Gasteiger partial charge in [0.25, 0.3) is 0 Å². The van der Waals surface area contributed by atoms with E-state index in [1.807, 2.05) is 0 Å². The molecule has 0 heterocycles. The molecule has 1 aromatic carbocycles. The molecule has 0 fully saturated rings. The van der Waals surface area contributed by atoms with E-state index >= 15 is 0 Å². The van der Waals surface area contributed by atoms with E-state index in [2.05, 4.69) is 0 Å². The summed E-state index contributed by atoms with van der Waals surface area (Å²) in [5.74, 6) is 0.558. The fraction of sp³-hybridized carbons (Fsp3) is 0.400. The number of aliphatic hydroxyl groups excluding tert-OH is 1. The largest absolute Gasteiger partial charge is 0.497 e. The fourth-order valence-corrected chi connectivity index (χ4v) is 2.76. The highest BCUT2D eigenvalue weighted by atomic mass is 35.5. The van der Waals surface area contributed by atoms with Crippen LogP contribution in [0.1, 0.15) is 6.92 Å². The summed E-state index contributed by atoms with van der Waals surface area (Å²) in [6.45, 7) is 1.33. The van der Waals surface area contributed by atoms with Crippen LogP contribution in [0.15, 0.2) is 29.2 Å². The van der Waals surface area contributed by atoms with Crippen molar-refractivity contribution in [3.63, 3.8) is 0 Å². The van der Waals surface area contributed by atoms with Crippen molar-refractivity contribution in [2.75, 3.05) is 7.11 Å². The molecular weight excluding hydrogens is 252 g/mol. The zero-order valence-electron chi connectivity index (χ0n) is 8.92. The van der Waals surface area contributed by atoms with Crippen molar-refractivity contribution in [3.05, 3.63) is 24.3 Å². The fourth-order valence-electron chi connectivity index (χ4n) is 1.15. The average molecular weight is 265 g/mol. The molecule has 4 nitrogen and oxygen atoms in total. The van der Waals surface area contributed by atoms with E-state index in [-0.39, 0.29) is 4.90 Å². The minimum Gasteiger partial charge on any atom is -0.497 e. The summed E-state index contributed by atoms with van der Waals surface area (Å²) in [6.07, 6.45) is -1.13. The number of hydrogen-bond donors (Lipinski definition) is 1. The van der Waals surface area contributed by atoms with E-state index in [4.69, 9.17) is 16.3 Å². The first kappa shape index (κ1) is 13.3. The van der Waals surface area contributed by atoms with Crippen molar-refractivity contribution in [1.29, 1.82) is 0 Å². The Hall–Kier alpha value is -0.780. The smallest absolute Gasteiger partial charge is 0.197 e. The van der Waals surface area contributed by atoms with Gasteiger partial charge in [-0.3, -0.25) is 0 Å². The molecule has 6 heteroatoms. The van der Waals surface area contributed by atoms with Gasteiger partial charge in [0.15, 0.2) is 14.5 Å². The third kappa shape index (κ3) is 2.66. The second kappa shape index (κ2) is 5.03. The van der Waals surface area contributed by atoms with Crippen molar-refractivity contribution in [1.82, 2.24) is 0 Å². The van der Waals surface area contributed by atoms with Crippen LogP contribution < -0.4 is 4.74 Å². The van der Waals surface area contributed by atoms with Crippen LogP contribution in [0, 0.1) is 0 Å². The van der Waals surface area contributed by atoms with Crippen molar-refractivity contribution in [2.24, 2.45) is 0 Å². The maximum Gasteiger partial charge on any atom is 0.197 e. The number of methoxy groups -OCH3 is 1. The van der Waals surface area contributed by atoms with E-state index < -0.39 is 20.7 Å². The van der Waals surface area contributed by atoms with Gasteiger partial charge in [0.2, 0.25) is 0 Å². The summed E-state index contributed by atoms with van der Waals surface area (Å²) in [4.78, 5) is 0.0641. The van der Waals surface area contributed by atoms with Gasteiger partial charge < -0.3 is 9.84 Å². The van der Waals surface area contributed by atoms with Crippen molar-refractivity contribution in [3.8, 4) is 5.75 Å². The molecule has 0 aromatic heterocycles. The van der Waals surface area contributed by atoms with Gasteiger partial charge in [0, 0.05) is 0 Å². The molecule has 0 saturated heterocycles. The first-order chi connectivity index (χ1) is 7.39. The quantitative estimate of drug-likeness (QED) is 0.836. The first-order valence-electron chi connectivity index (χ1n) is 4.59. The Labute approximate surface area is 99.7 Å². The van der Waals surface area contributed by atoms with Gasteiger partial charge in [-0.15, -0.1) is 11.6 Å². The number of aliphatic hydroxyl groups is 1. The van der Waals surface area contributed by atoms with Crippen LogP contribution in [-0.2, 0) is 9.84 Å². The Morgan fingerprint density at radius 1 is 1.31 bits per heavy atom. The minimum absolute atomic E-state index is 0.0641. The Kier molecular flexibility index (Phi) is 4.18. The molecule has 16 heavy (non-hydrogen) atoms. The van der Waals surface area contributed by atoms with Gasteiger partial charge in [0.05, 0.1) is 18.1 Å². The molecular formula is C10H13ClO4S. The summed E-state index contributed by atoms with van der Waals surface area (Å²) >= 11 is 5.65. The molecule has 1 aromatic rings. The molecule has 1 rings (SSSR count). The Morgan fingerprint density at radius 3 is 2.19 bits per heavy atom. The summed E-state index contributed by atoms with van der Waals surface area (Å²) in [6, 6.07) is 5.84. The predicted molar refractivity (Wildman–Crippen MR) is 61.5 cm³/mol. The molecule has 0 amide bonds. The monoisotopic (exact) mass is 264 g/mol. The SMILES string of the molecule is COc1ccc(S(=O)(=O)C(Cl)C(C)O)cc1. The first-order valence-corrected chi connectivity index (χ1v) is 6.58. The van der Waals surface area contributed by atoms with E-state index in [1.54, 1.807) is 0 Å². The second-order valence-electron chi connectivity index (χ2n) is 3.31. The van der Waals surface area contributed by atoms with Crippen LogP contribution in [0.2, 0.25) is 0 Å². The van der Waals surface area contributed by atoms with Crippen LogP contribution in [0.25, 0.3) is 0 Å². The van der Waals surface area contributed by atoms with Gasteiger partial charge in [-0.1, -0.05) is 0 Å². The number of hydrogen-bond acceptors (Lipinski definition) is 4. The van der Waals surface area contributed by atoms with Gasteiger partial charge in [-0.25, -0.2) is 8.42 Å². The van der Waals surface area contributed by atoms with Crippen molar-refractivity contribution >= 4 is 21.4 Å². The Bertz CT molecular complexity index is 438. The lowest BCUT2D eigenvalue weighted by molar-refractivity contribution is 0.208. The molecule has 90 valence electrons. The molecule has 0 aliphatic rings. The Balaban J connectivity index is 3.08. The summed E-state index contributed by atoms with van der Waals surface area (Å²) in [5, 5.41) is 9.18. The summed E-state index contributed by atoms with van der Waals surface area (Å²) < 4.78 is 27.2. The lowest BCUT2D eigenvalue weighted by Gasteiger charge is -2.13. The number of ether oxygens (including phenoxy) is 1. The van der Waals surface area contributed by atoms with E-state index in [0.717, 1.165) is 0 Å². The molecule has 2 unspecified atom stereocenters. The zero-order chi connectivity index (χ0) is 12.3.